The molecule has 0 amide bonds. The first kappa shape index (κ1) is 10.7. The van der Waals surface area contributed by atoms with Crippen LogP contribution in [-0.4, -0.2) is 19.7 Å². The Hall–Kier alpha value is -2.40. The minimum absolute atomic E-state index is 0.239. The van der Waals surface area contributed by atoms with E-state index in [1.807, 2.05) is 24.3 Å². The van der Waals surface area contributed by atoms with Crippen molar-refractivity contribution in [2.45, 2.75) is 6.54 Å². The van der Waals surface area contributed by atoms with Gasteiger partial charge in [0.15, 0.2) is 5.65 Å². The second-order valence-electron chi connectivity index (χ2n) is 3.99. The van der Waals surface area contributed by atoms with Crippen molar-refractivity contribution in [1.29, 1.82) is 0 Å². The van der Waals surface area contributed by atoms with Gasteiger partial charge in [-0.1, -0.05) is 0 Å². The van der Waals surface area contributed by atoms with Gasteiger partial charge in [0.1, 0.15) is 5.75 Å². The molecule has 0 saturated carbocycles. The lowest BCUT2D eigenvalue weighted by molar-refractivity contribution is 0.475. The van der Waals surface area contributed by atoms with Crippen molar-refractivity contribution < 1.29 is 5.11 Å². The summed E-state index contributed by atoms with van der Waals surface area (Å²) in [5.41, 5.74) is 9.07. The molecule has 0 radical (unpaired) electrons. The van der Waals surface area contributed by atoms with Gasteiger partial charge in [-0.05, 0) is 30.3 Å². The molecule has 0 bridgehead atoms. The lowest BCUT2D eigenvalue weighted by Gasteiger charge is -1.99. The number of rotatable bonds is 2. The summed E-state index contributed by atoms with van der Waals surface area (Å²) in [4.78, 5) is 4.25. The molecule has 0 aliphatic carbocycles. The summed E-state index contributed by atoms with van der Waals surface area (Å²) in [5.74, 6) is 0.239. The van der Waals surface area contributed by atoms with Crippen LogP contribution < -0.4 is 5.73 Å². The second-order valence-corrected chi connectivity index (χ2v) is 3.99. The average Bonchev–Trinajstić information content (AvgIpc) is 2.83. The van der Waals surface area contributed by atoms with Crippen LogP contribution in [0.25, 0.3) is 16.9 Å². The van der Waals surface area contributed by atoms with Gasteiger partial charge in [0.25, 0.3) is 0 Å². The monoisotopic (exact) mass is 240 g/mol. The van der Waals surface area contributed by atoms with E-state index in [2.05, 4.69) is 10.1 Å². The van der Waals surface area contributed by atoms with Crippen LogP contribution in [0, 0.1) is 0 Å². The van der Waals surface area contributed by atoms with Crippen molar-refractivity contribution in [2.24, 2.45) is 5.73 Å². The first-order chi connectivity index (χ1) is 8.78. The molecule has 5 nitrogen and oxygen atoms in total. The van der Waals surface area contributed by atoms with E-state index in [1.54, 1.807) is 22.8 Å². The fraction of sp³-hybridized carbons (Fsp3) is 0.0769. The first-order valence-corrected chi connectivity index (χ1v) is 5.61. The van der Waals surface area contributed by atoms with Crippen molar-refractivity contribution in [3.05, 3.63) is 48.3 Å². The number of nitrogens with two attached hydrogens (primary N) is 1. The molecular weight excluding hydrogens is 228 g/mol. The number of hydrogen-bond donors (Lipinski definition) is 2. The molecular formula is C13H12N4O. The van der Waals surface area contributed by atoms with Crippen LogP contribution in [0.1, 0.15) is 5.69 Å². The highest BCUT2D eigenvalue weighted by molar-refractivity contribution is 5.64. The SMILES string of the molecule is NCc1ccnc2cc(-c3ccc(O)cc3)nn12. The van der Waals surface area contributed by atoms with E-state index in [1.165, 1.54) is 0 Å². The van der Waals surface area contributed by atoms with Gasteiger partial charge in [0.05, 0.1) is 11.4 Å². The van der Waals surface area contributed by atoms with Crippen LogP contribution in [0.4, 0.5) is 0 Å². The number of benzene rings is 1. The molecule has 0 atom stereocenters. The first-order valence-electron chi connectivity index (χ1n) is 5.61. The van der Waals surface area contributed by atoms with Crippen LogP contribution in [0.2, 0.25) is 0 Å². The number of aromatic hydroxyl groups is 1. The zero-order valence-corrected chi connectivity index (χ0v) is 9.61. The second kappa shape index (κ2) is 4.12. The molecule has 3 rings (SSSR count). The maximum Gasteiger partial charge on any atom is 0.155 e. The van der Waals surface area contributed by atoms with Crippen molar-refractivity contribution in [1.82, 2.24) is 14.6 Å². The largest absolute Gasteiger partial charge is 0.508 e. The van der Waals surface area contributed by atoms with E-state index in [0.29, 0.717) is 6.54 Å². The van der Waals surface area contributed by atoms with Crippen molar-refractivity contribution in [3.63, 3.8) is 0 Å². The molecule has 0 saturated heterocycles. The van der Waals surface area contributed by atoms with Crippen LogP contribution >= 0.6 is 0 Å². The van der Waals surface area contributed by atoms with E-state index in [-0.39, 0.29) is 5.75 Å². The molecule has 18 heavy (non-hydrogen) atoms. The Balaban J connectivity index is 2.16. The molecule has 2 aromatic heterocycles. The number of nitrogens with zero attached hydrogens (tertiary/aromatic N) is 3. The topological polar surface area (TPSA) is 76.4 Å². The highest BCUT2D eigenvalue weighted by atomic mass is 16.3. The lowest BCUT2D eigenvalue weighted by atomic mass is 10.1. The quantitative estimate of drug-likeness (QED) is 0.712. The molecule has 5 heteroatoms. The summed E-state index contributed by atoms with van der Waals surface area (Å²) in [7, 11) is 0. The van der Waals surface area contributed by atoms with Crippen LogP contribution in [0.15, 0.2) is 42.6 Å². The zero-order valence-electron chi connectivity index (χ0n) is 9.61. The summed E-state index contributed by atoms with van der Waals surface area (Å²) in [5, 5.41) is 13.7. The highest BCUT2D eigenvalue weighted by Gasteiger charge is 2.07. The summed E-state index contributed by atoms with van der Waals surface area (Å²) in [6, 6.07) is 10.7. The highest BCUT2D eigenvalue weighted by Crippen LogP contribution is 2.21. The number of phenols is 1. The minimum Gasteiger partial charge on any atom is -0.508 e. The summed E-state index contributed by atoms with van der Waals surface area (Å²) in [6.07, 6.45) is 1.72. The normalized spacial score (nSPS) is 10.9. The number of phenolic OH excluding ortho intramolecular Hbond substituents is 1. The molecule has 3 N–H and O–H groups in total. The summed E-state index contributed by atoms with van der Waals surface area (Å²) >= 11 is 0. The molecule has 2 heterocycles. The molecule has 3 aromatic rings. The summed E-state index contributed by atoms with van der Waals surface area (Å²) in [6.45, 7) is 0.412. The number of fused-ring (bicyclic) bond motifs is 1. The van der Waals surface area contributed by atoms with Gasteiger partial charge in [-0.15, -0.1) is 0 Å². The third kappa shape index (κ3) is 1.70. The van der Waals surface area contributed by atoms with Crippen LogP contribution in [0.3, 0.4) is 0 Å². The standard InChI is InChI=1S/C13H12N4O/c14-8-10-5-6-15-13-7-12(16-17(10)13)9-1-3-11(18)4-2-9/h1-7,18H,8,14H2. The van der Waals surface area contributed by atoms with Crippen LogP contribution in [-0.2, 0) is 6.54 Å². The Kier molecular flexibility index (Phi) is 2.46. The van der Waals surface area contributed by atoms with E-state index in [0.717, 1.165) is 22.6 Å². The van der Waals surface area contributed by atoms with Gasteiger partial charge in [-0.3, -0.25) is 0 Å². The van der Waals surface area contributed by atoms with Crippen molar-refractivity contribution in [3.8, 4) is 17.0 Å². The molecule has 0 fully saturated rings. The van der Waals surface area contributed by atoms with E-state index < -0.39 is 0 Å². The smallest absolute Gasteiger partial charge is 0.155 e. The average molecular weight is 240 g/mol. The Morgan fingerprint density at radius 2 is 1.94 bits per heavy atom. The predicted molar refractivity (Wildman–Crippen MR) is 68.0 cm³/mol. The Labute approximate surface area is 104 Å². The van der Waals surface area contributed by atoms with Gasteiger partial charge in [-0.2, -0.15) is 5.10 Å². The maximum absolute atomic E-state index is 9.27. The number of hydrogen-bond acceptors (Lipinski definition) is 4. The van der Waals surface area contributed by atoms with E-state index >= 15 is 0 Å². The number of aromatic nitrogens is 3. The van der Waals surface area contributed by atoms with Gasteiger partial charge in [0.2, 0.25) is 0 Å². The molecule has 90 valence electrons. The third-order valence-corrected chi connectivity index (χ3v) is 2.81. The van der Waals surface area contributed by atoms with Gasteiger partial charge >= 0.3 is 0 Å². The molecule has 0 unspecified atom stereocenters. The Morgan fingerprint density at radius 3 is 2.67 bits per heavy atom. The fourth-order valence-corrected chi connectivity index (χ4v) is 1.87. The third-order valence-electron chi connectivity index (χ3n) is 2.81. The predicted octanol–water partition coefficient (Wildman–Crippen LogP) is 1.56. The molecule has 0 aliphatic heterocycles. The van der Waals surface area contributed by atoms with Gasteiger partial charge in [-0.25, -0.2) is 9.50 Å². The lowest BCUT2D eigenvalue weighted by Crippen LogP contribution is -2.05. The van der Waals surface area contributed by atoms with E-state index in [4.69, 9.17) is 5.73 Å². The van der Waals surface area contributed by atoms with Crippen molar-refractivity contribution in [2.75, 3.05) is 0 Å². The van der Waals surface area contributed by atoms with E-state index in [9.17, 15) is 5.11 Å². The minimum atomic E-state index is 0.239. The van der Waals surface area contributed by atoms with Gasteiger partial charge in [0, 0.05) is 24.4 Å². The zero-order chi connectivity index (χ0) is 12.5. The van der Waals surface area contributed by atoms with Crippen molar-refractivity contribution >= 4 is 5.65 Å². The maximum atomic E-state index is 9.27. The molecule has 0 aliphatic rings. The summed E-state index contributed by atoms with van der Waals surface area (Å²) < 4.78 is 1.74. The Morgan fingerprint density at radius 1 is 1.17 bits per heavy atom. The fourth-order valence-electron chi connectivity index (χ4n) is 1.87. The van der Waals surface area contributed by atoms with Crippen LogP contribution in [0.5, 0.6) is 5.75 Å². The molecule has 0 spiro atoms. The Bertz CT molecular complexity index is 688. The molecule has 1 aromatic carbocycles. The van der Waals surface area contributed by atoms with Gasteiger partial charge < -0.3 is 10.8 Å².